The van der Waals surface area contributed by atoms with Gasteiger partial charge in [-0.25, -0.2) is 0 Å². The number of ether oxygens (including phenoxy) is 1. The van der Waals surface area contributed by atoms with E-state index in [4.69, 9.17) is 10.5 Å². The Morgan fingerprint density at radius 3 is 2.67 bits per heavy atom. The van der Waals surface area contributed by atoms with E-state index < -0.39 is 5.54 Å². The molecule has 1 fully saturated rings. The highest BCUT2D eigenvalue weighted by molar-refractivity contribution is 5.94. The summed E-state index contributed by atoms with van der Waals surface area (Å²) in [6.45, 7) is 4.21. The van der Waals surface area contributed by atoms with Gasteiger partial charge in [-0.3, -0.25) is 4.79 Å². The van der Waals surface area contributed by atoms with Crippen LogP contribution in [0, 0.1) is 0 Å². The fourth-order valence-corrected chi connectivity index (χ4v) is 2.32. The van der Waals surface area contributed by atoms with Crippen LogP contribution in [0.5, 0.6) is 5.75 Å². The lowest BCUT2D eigenvalue weighted by Crippen LogP contribution is -2.45. The molecule has 1 aliphatic rings. The second-order valence-electron chi connectivity index (χ2n) is 6.22. The molecule has 1 aromatic carbocycles. The molecular formula is C16H25ClN2O2. The zero-order chi connectivity index (χ0) is 14.6. The average molecular weight is 313 g/mol. The maximum Gasteiger partial charge on any atom is 0.251 e. The molecule has 0 bridgehead atoms. The van der Waals surface area contributed by atoms with Gasteiger partial charge in [0, 0.05) is 17.6 Å². The Labute approximate surface area is 132 Å². The van der Waals surface area contributed by atoms with E-state index >= 15 is 0 Å². The third-order valence-corrected chi connectivity index (χ3v) is 3.41. The Morgan fingerprint density at radius 2 is 2.05 bits per heavy atom. The molecule has 5 heteroatoms. The molecule has 1 saturated carbocycles. The van der Waals surface area contributed by atoms with Crippen molar-refractivity contribution in [3.05, 3.63) is 29.8 Å². The molecule has 0 spiro atoms. The molecule has 1 aliphatic carbocycles. The van der Waals surface area contributed by atoms with Crippen molar-refractivity contribution in [3.63, 3.8) is 0 Å². The molecule has 0 heterocycles. The van der Waals surface area contributed by atoms with Crippen molar-refractivity contribution in [1.82, 2.24) is 5.32 Å². The van der Waals surface area contributed by atoms with Gasteiger partial charge in [-0.1, -0.05) is 6.07 Å². The largest absolute Gasteiger partial charge is 0.490 e. The summed E-state index contributed by atoms with van der Waals surface area (Å²) in [6, 6.07) is 7.35. The third kappa shape index (κ3) is 5.94. The van der Waals surface area contributed by atoms with Crippen molar-refractivity contribution in [3.8, 4) is 5.75 Å². The number of rotatable bonds is 5. The van der Waals surface area contributed by atoms with E-state index in [2.05, 4.69) is 5.32 Å². The van der Waals surface area contributed by atoms with Gasteiger partial charge in [0.1, 0.15) is 5.75 Å². The van der Waals surface area contributed by atoms with Gasteiger partial charge in [0.2, 0.25) is 0 Å². The molecule has 0 radical (unpaired) electrons. The van der Waals surface area contributed by atoms with Gasteiger partial charge in [-0.15, -0.1) is 12.4 Å². The Morgan fingerprint density at radius 1 is 1.38 bits per heavy atom. The van der Waals surface area contributed by atoms with Crippen LogP contribution in [0.3, 0.4) is 0 Å². The summed E-state index contributed by atoms with van der Waals surface area (Å²) in [5.41, 5.74) is 6.07. The van der Waals surface area contributed by atoms with Gasteiger partial charge in [0.15, 0.2) is 0 Å². The van der Waals surface area contributed by atoms with Crippen LogP contribution < -0.4 is 15.8 Å². The number of hydrogen-bond donors (Lipinski definition) is 2. The van der Waals surface area contributed by atoms with E-state index in [1.807, 2.05) is 26.0 Å². The fourth-order valence-electron chi connectivity index (χ4n) is 2.32. The van der Waals surface area contributed by atoms with Crippen LogP contribution in [-0.4, -0.2) is 24.1 Å². The molecule has 0 atom stereocenters. The first-order chi connectivity index (χ1) is 9.44. The summed E-state index contributed by atoms with van der Waals surface area (Å²) >= 11 is 0. The summed E-state index contributed by atoms with van der Waals surface area (Å²) in [5, 5.41) is 2.84. The van der Waals surface area contributed by atoms with Gasteiger partial charge in [-0.2, -0.15) is 0 Å². The zero-order valence-corrected chi connectivity index (χ0v) is 13.5. The summed E-state index contributed by atoms with van der Waals surface area (Å²) in [7, 11) is 0. The number of nitrogens with one attached hydrogen (secondary N) is 1. The quantitative estimate of drug-likeness (QED) is 0.878. The number of halogens is 1. The van der Waals surface area contributed by atoms with Gasteiger partial charge in [0.05, 0.1) is 6.10 Å². The molecule has 3 N–H and O–H groups in total. The van der Waals surface area contributed by atoms with Crippen molar-refractivity contribution in [2.45, 2.75) is 51.2 Å². The Balaban J connectivity index is 0.00000220. The van der Waals surface area contributed by atoms with E-state index in [9.17, 15) is 4.79 Å². The maximum atomic E-state index is 12.1. The normalized spacial score (nSPS) is 15.4. The van der Waals surface area contributed by atoms with Crippen LogP contribution in [-0.2, 0) is 0 Å². The predicted molar refractivity (Wildman–Crippen MR) is 87.2 cm³/mol. The van der Waals surface area contributed by atoms with Crippen LogP contribution >= 0.6 is 12.4 Å². The first-order valence-corrected chi connectivity index (χ1v) is 7.28. The SMILES string of the molecule is CC(C)(N)CNC(=O)c1cccc(OC2CCCC2)c1.Cl. The molecule has 0 aromatic heterocycles. The Bertz CT molecular complexity index is 466. The van der Waals surface area contributed by atoms with Crippen molar-refractivity contribution >= 4 is 18.3 Å². The van der Waals surface area contributed by atoms with Crippen molar-refractivity contribution in [1.29, 1.82) is 0 Å². The van der Waals surface area contributed by atoms with E-state index in [1.54, 1.807) is 12.1 Å². The Kier molecular flexibility index (Phi) is 6.49. The minimum Gasteiger partial charge on any atom is -0.490 e. The lowest BCUT2D eigenvalue weighted by molar-refractivity contribution is 0.0945. The van der Waals surface area contributed by atoms with Crippen molar-refractivity contribution in [2.75, 3.05) is 6.54 Å². The smallest absolute Gasteiger partial charge is 0.251 e. The number of carbonyl (C=O) groups is 1. The van der Waals surface area contributed by atoms with Gasteiger partial charge < -0.3 is 15.8 Å². The van der Waals surface area contributed by atoms with E-state index in [0.717, 1.165) is 18.6 Å². The monoisotopic (exact) mass is 312 g/mol. The minimum atomic E-state index is -0.409. The van der Waals surface area contributed by atoms with E-state index in [-0.39, 0.29) is 18.3 Å². The molecular weight excluding hydrogens is 288 g/mol. The highest BCUT2D eigenvalue weighted by Crippen LogP contribution is 2.24. The lowest BCUT2D eigenvalue weighted by Gasteiger charge is -2.19. The first kappa shape index (κ1) is 17.8. The highest BCUT2D eigenvalue weighted by Gasteiger charge is 2.17. The summed E-state index contributed by atoms with van der Waals surface area (Å²) in [4.78, 5) is 12.1. The second-order valence-corrected chi connectivity index (χ2v) is 6.22. The molecule has 2 rings (SSSR count). The summed E-state index contributed by atoms with van der Waals surface area (Å²) < 4.78 is 5.91. The standard InChI is InChI=1S/C16H24N2O2.ClH/c1-16(2,17)11-18-15(19)12-6-5-9-14(10-12)20-13-7-3-4-8-13;/h5-6,9-10,13H,3-4,7-8,11,17H2,1-2H3,(H,18,19);1H. The molecule has 1 amide bonds. The number of carbonyl (C=O) groups excluding carboxylic acids is 1. The molecule has 1 aromatic rings. The van der Waals surface area contributed by atoms with E-state index in [1.165, 1.54) is 12.8 Å². The zero-order valence-electron chi connectivity index (χ0n) is 12.7. The summed E-state index contributed by atoms with van der Waals surface area (Å²) in [5.74, 6) is 0.664. The van der Waals surface area contributed by atoms with Crippen molar-refractivity contribution < 1.29 is 9.53 Å². The Hall–Kier alpha value is -1.26. The second kappa shape index (κ2) is 7.66. The maximum absolute atomic E-state index is 12.1. The predicted octanol–water partition coefficient (Wildman–Crippen LogP) is 2.90. The highest BCUT2D eigenvalue weighted by atomic mass is 35.5. The third-order valence-electron chi connectivity index (χ3n) is 3.41. The fraction of sp³-hybridized carbons (Fsp3) is 0.562. The topological polar surface area (TPSA) is 64.3 Å². The number of benzene rings is 1. The molecule has 0 unspecified atom stereocenters. The van der Waals surface area contributed by atoms with Gasteiger partial charge >= 0.3 is 0 Å². The number of amides is 1. The molecule has 21 heavy (non-hydrogen) atoms. The van der Waals surface area contributed by atoms with Crippen LogP contribution in [0.4, 0.5) is 0 Å². The molecule has 4 nitrogen and oxygen atoms in total. The molecule has 0 aliphatic heterocycles. The molecule has 118 valence electrons. The van der Waals surface area contributed by atoms with Crippen LogP contribution in [0.15, 0.2) is 24.3 Å². The van der Waals surface area contributed by atoms with Crippen LogP contribution in [0.25, 0.3) is 0 Å². The number of hydrogen-bond acceptors (Lipinski definition) is 3. The van der Waals surface area contributed by atoms with Gasteiger partial charge in [-0.05, 0) is 57.7 Å². The minimum absolute atomic E-state index is 0. The number of nitrogens with two attached hydrogens (primary N) is 1. The van der Waals surface area contributed by atoms with Crippen LogP contribution in [0.1, 0.15) is 49.9 Å². The average Bonchev–Trinajstić information content (AvgIpc) is 2.88. The van der Waals surface area contributed by atoms with Crippen molar-refractivity contribution in [2.24, 2.45) is 5.73 Å². The van der Waals surface area contributed by atoms with E-state index in [0.29, 0.717) is 18.2 Å². The first-order valence-electron chi connectivity index (χ1n) is 7.28. The lowest BCUT2D eigenvalue weighted by atomic mass is 10.1. The molecule has 0 saturated heterocycles. The van der Waals surface area contributed by atoms with Crippen LogP contribution in [0.2, 0.25) is 0 Å². The summed E-state index contributed by atoms with van der Waals surface area (Å²) in [6.07, 6.45) is 4.99. The van der Waals surface area contributed by atoms with Gasteiger partial charge in [0.25, 0.3) is 5.91 Å².